The summed E-state index contributed by atoms with van der Waals surface area (Å²) >= 11 is 0. The molecule has 5 heteroatoms. The average molecular weight is 300 g/mol. The number of aromatic nitrogens is 2. The Balaban J connectivity index is 1.94. The molecule has 0 spiro atoms. The number of nitrogens with zero attached hydrogens (tertiary/aromatic N) is 4. The number of anilines is 1. The van der Waals surface area contributed by atoms with Crippen LogP contribution >= 0.6 is 0 Å². The van der Waals surface area contributed by atoms with Crippen molar-refractivity contribution in [2.75, 3.05) is 32.1 Å². The van der Waals surface area contributed by atoms with Gasteiger partial charge in [-0.15, -0.1) is 0 Å². The first-order valence-electron chi connectivity index (χ1n) is 8.03. The molecule has 118 valence electrons. The third-order valence-electron chi connectivity index (χ3n) is 4.43. The van der Waals surface area contributed by atoms with Gasteiger partial charge in [0, 0.05) is 51.9 Å². The van der Waals surface area contributed by atoms with Crippen LogP contribution in [0.3, 0.4) is 0 Å². The summed E-state index contributed by atoms with van der Waals surface area (Å²) in [5, 5.41) is 0. The van der Waals surface area contributed by atoms with Crippen molar-refractivity contribution in [2.24, 2.45) is 0 Å². The Morgan fingerprint density at radius 2 is 2.27 bits per heavy atom. The van der Waals surface area contributed by atoms with Crippen molar-refractivity contribution in [1.82, 2.24) is 14.3 Å². The lowest BCUT2D eigenvalue weighted by Gasteiger charge is -2.32. The molecule has 0 aliphatic carbocycles. The lowest BCUT2D eigenvalue weighted by Crippen LogP contribution is -2.39. The van der Waals surface area contributed by atoms with E-state index < -0.39 is 0 Å². The largest absolute Gasteiger partial charge is 0.361 e. The van der Waals surface area contributed by atoms with Gasteiger partial charge >= 0.3 is 0 Å². The van der Waals surface area contributed by atoms with Gasteiger partial charge < -0.3 is 14.2 Å². The zero-order valence-electron chi connectivity index (χ0n) is 13.6. The van der Waals surface area contributed by atoms with Gasteiger partial charge in [0.2, 0.25) is 5.91 Å². The molecule has 0 N–H and O–H groups in total. The van der Waals surface area contributed by atoms with E-state index in [0.717, 1.165) is 43.0 Å². The van der Waals surface area contributed by atoms with Crippen molar-refractivity contribution in [3.05, 3.63) is 30.2 Å². The molecule has 1 saturated heterocycles. The summed E-state index contributed by atoms with van der Waals surface area (Å²) in [6.45, 7) is 3.61. The molecule has 0 saturated carbocycles. The summed E-state index contributed by atoms with van der Waals surface area (Å²) in [6, 6.07) is 4.13. The van der Waals surface area contributed by atoms with Gasteiger partial charge in [-0.3, -0.25) is 4.79 Å². The number of hydrogen-bond acceptors (Lipinski definition) is 3. The first-order valence-corrected chi connectivity index (χ1v) is 8.03. The van der Waals surface area contributed by atoms with Crippen molar-refractivity contribution in [1.29, 1.82) is 0 Å². The lowest BCUT2D eigenvalue weighted by molar-refractivity contribution is -0.132. The number of fused-ring (bicyclic) bond motifs is 1. The van der Waals surface area contributed by atoms with Gasteiger partial charge in [0.05, 0.1) is 11.2 Å². The Labute approximate surface area is 131 Å². The minimum atomic E-state index is 0.250. The van der Waals surface area contributed by atoms with Crippen LogP contribution in [0.4, 0.5) is 5.82 Å². The van der Waals surface area contributed by atoms with Crippen LogP contribution in [0.2, 0.25) is 0 Å². The molecular weight excluding hydrogens is 276 g/mol. The van der Waals surface area contributed by atoms with Crippen molar-refractivity contribution >= 4 is 17.2 Å². The Morgan fingerprint density at radius 3 is 3.00 bits per heavy atom. The maximum atomic E-state index is 12.0. The van der Waals surface area contributed by atoms with Crippen LogP contribution in [0.5, 0.6) is 0 Å². The predicted molar refractivity (Wildman–Crippen MR) is 88.4 cm³/mol. The van der Waals surface area contributed by atoms with Crippen LogP contribution in [-0.4, -0.2) is 47.4 Å². The molecule has 2 aromatic heterocycles. The average Bonchev–Trinajstić information content (AvgIpc) is 3.01. The third kappa shape index (κ3) is 2.67. The second-order valence-electron chi connectivity index (χ2n) is 6.22. The number of piperidine rings is 1. The molecule has 3 rings (SSSR count). The van der Waals surface area contributed by atoms with E-state index in [0.29, 0.717) is 12.3 Å². The fourth-order valence-electron chi connectivity index (χ4n) is 3.24. The lowest BCUT2D eigenvalue weighted by atomic mass is 9.94. The van der Waals surface area contributed by atoms with Gasteiger partial charge in [-0.2, -0.15) is 0 Å². The normalized spacial score (nSPS) is 18.7. The highest BCUT2D eigenvalue weighted by atomic mass is 16.2. The fourth-order valence-corrected chi connectivity index (χ4v) is 3.24. The Bertz CT molecular complexity index is 676. The zero-order chi connectivity index (χ0) is 15.7. The molecule has 1 aliphatic heterocycles. The second-order valence-corrected chi connectivity index (χ2v) is 6.22. The van der Waals surface area contributed by atoms with Crippen LogP contribution in [0.25, 0.3) is 5.52 Å². The van der Waals surface area contributed by atoms with E-state index in [9.17, 15) is 4.79 Å². The van der Waals surface area contributed by atoms with Gasteiger partial charge in [-0.1, -0.05) is 6.92 Å². The summed E-state index contributed by atoms with van der Waals surface area (Å²) in [5.41, 5.74) is 2.20. The summed E-state index contributed by atoms with van der Waals surface area (Å²) in [4.78, 5) is 20.9. The molecule has 1 unspecified atom stereocenters. The van der Waals surface area contributed by atoms with Crippen LogP contribution in [-0.2, 0) is 4.79 Å². The molecule has 1 fully saturated rings. The number of likely N-dealkylation sites (tertiary alicyclic amines) is 1. The molecule has 0 bridgehead atoms. The minimum absolute atomic E-state index is 0.250. The summed E-state index contributed by atoms with van der Waals surface area (Å²) in [7, 11) is 4.04. The third-order valence-corrected chi connectivity index (χ3v) is 4.43. The molecule has 3 heterocycles. The molecule has 2 aromatic rings. The predicted octanol–water partition coefficient (Wildman–Crippen LogP) is 2.52. The van der Waals surface area contributed by atoms with E-state index in [1.165, 1.54) is 0 Å². The minimum Gasteiger partial charge on any atom is -0.361 e. The number of carbonyl (C=O) groups is 1. The first-order chi connectivity index (χ1) is 10.6. The molecule has 1 aliphatic rings. The van der Waals surface area contributed by atoms with E-state index in [1.807, 2.05) is 32.0 Å². The quantitative estimate of drug-likeness (QED) is 0.874. The highest BCUT2D eigenvalue weighted by molar-refractivity contribution is 5.76. The van der Waals surface area contributed by atoms with Crippen molar-refractivity contribution < 1.29 is 4.79 Å². The van der Waals surface area contributed by atoms with Gasteiger partial charge in [0.1, 0.15) is 0 Å². The van der Waals surface area contributed by atoms with Gasteiger partial charge in [0.25, 0.3) is 0 Å². The molecule has 22 heavy (non-hydrogen) atoms. The Morgan fingerprint density at radius 1 is 1.45 bits per heavy atom. The number of rotatable bonds is 3. The van der Waals surface area contributed by atoms with E-state index in [4.69, 9.17) is 4.98 Å². The highest BCUT2D eigenvalue weighted by Crippen LogP contribution is 2.29. The van der Waals surface area contributed by atoms with E-state index in [1.54, 1.807) is 0 Å². The summed E-state index contributed by atoms with van der Waals surface area (Å²) in [6.07, 6.45) is 6.91. The first kappa shape index (κ1) is 14.9. The number of amides is 1. The van der Waals surface area contributed by atoms with Crippen LogP contribution in [0.1, 0.15) is 37.8 Å². The van der Waals surface area contributed by atoms with E-state index >= 15 is 0 Å². The van der Waals surface area contributed by atoms with Gasteiger partial charge in [0.15, 0.2) is 5.82 Å². The van der Waals surface area contributed by atoms with E-state index in [2.05, 4.69) is 27.8 Å². The van der Waals surface area contributed by atoms with Crippen molar-refractivity contribution in [2.45, 2.75) is 32.1 Å². The second kappa shape index (κ2) is 5.99. The molecule has 1 amide bonds. The topological polar surface area (TPSA) is 40.9 Å². The monoisotopic (exact) mass is 300 g/mol. The van der Waals surface area contributed by atoms with Crippen molar-refractivity contribution in [3.8, 4) is 0 Å². The van der Waals surface area contributed by atoms with Gasteiger partial charge in [-0.05, 0) is 25.0 Å². The molecule has 0 aromatic carbocycles. The molecule has 0 radical (unpaired) electrons. The summed E-state index contributed by atoms with van der Waals surface area (Å²) in [5.74, 6) is 1.57. The fraction of sp³-hybridized carbons (Fsp3) is 0.529. The maximum absolute atomic E-state index is 12.0. The molecular formula is C17H24N4O. The maximum Gasteiger partial charge on any atom is 0.222 e. The molecule has 1 atom stereocenters. The van der Waals surface area contributed by atoms with E-state index in [-0.39, 0.29) is 5.91 Å². The van der Waals surface area contributed by atoms with Crippen molar-refractivity contribution in [3.63, 3.8) is 0 Å². The van der Waals surface area contributed by atoms with Crippen LogP contribution < -0.4 is 4.90 Å². The zero-order valence-corrected chi connectivity index (χ0v) is 13.6. The summed E-state index contributed by atoms with van der Waals surface area (Å²) < 4.78 is 2.14. The Kier molecular flexibility index (Phi) is 4.05. The number of carbonyl (C=O) groups excluding carboxylic acids is 1. The standard InChI is InChI=1S/C17H24N4O/c1-4-16(22)21-10-5-7-13(11-21)14-12-20-9-6-8-15(20)17(18-14)19(2)3/h6,8-9,12-13H,4-5,7,10-11H2,1-3H3. The van der Waals surface area contributed by atoms with Crippen LogP contribution in [0, 0.1) is 0 Å². The highest BCUT2D eigenvalue weighted by Gasteiger charge is 2.25. The van der Waals surface area contributed by atoms with Crippen LogP contribution in [0.15, 0.2) is 24.5 Å². The number of hydrogen-bond donors (Lipinski definition) is 0. The van der Waals surface area contributed by atoms with Gasteiger partial charge in [-0.25, -0.2) is 4.98 Å². The Hall–Kier alpha value is -2.04. The SMILES string of the molecule is CCC(=O)N1CCCC(c2cn3cccc3c(N(C)C)n2)C1. The molecule has 5 nitrogen and oxygen atoms in total. The smallest absolute Gasteiger partial charge is 0.222 e.